The van der Waals surface area contributed by atoms with E-state index in [-0.39, 0.29) is 0 Å². The van der Waals surface area contributed by atoms with Crippen LogP contribution in [0.5, 0.6) is 0 Å². The first-order valence-corrected chi connectivity index (χ1v) is 6.80. The lowest BCUT2D eigenvalue weighted by molar-refractivity contribution is 0.200. The second-order valence-corrected chi connectivity index (χ2v) is 5.62. The van der Waals surface area contributed by atoms with E-state index in [0.717, 1.165) is 29.7 Å². The van der Waals surface area contributed by atoms with Gasteiger partial charge in [-0.2, -0.15) is 0 Å². The van der Waals surface area contributed by atoms with Crippen LogP contribution in [0.3, 0.4) is 0 Å². The zero-order chi connectivity index (χ0) is 13.1. The van der Waals surface area contributed by atoms with Crippen LogP contribution in [0.4, 0.5) is 10.5 Å². The highest BCUT2D eigenvalue weighted by Crippen LogP contribution is 2.28. The molecule has 1 N–H and O–H groups in total. The summed E-state index contributed by atoms with van der Waals surface area (Å²) in [5.41, 5.74) is 0.722. The largest absolute Gasteiger partial charge is 0.465 e. The van der Waals surface area contributed by atoms with Crippen LogP contribution in [0.15, 0.2) is 28.7 Å². The first-order valence-electron chi connectivity index (χ1n) is 6.01. The number of hydrogen-bond acceptors (Lipinski definition) is 2. The number of para-hydroxylation sites is 1. The Morgan fingerprint density at radius 1 is 1.56 bits per heavy atom. The highest BCUT2D eigenvalue weighted by Gasteiger charge is 2.25. The third kappa shape index (κ3) is 3.03. The van der Waals surface area contributed by atoms with E-state index < -0.39 is 6.09 Å². The van der Waals surface area contributed by atoms with Gasteiger partial charge in [0.25, 0.3) is 0 Å². The van der Waals surface area contributed by atoms with Crippen LogP contribution in [0.2, 0.25) is 0 Å². The number of anilines is 1. The Labute approximate surface area is 115 Å². The Kier molecular flexibility index (Phi) is 4.24. The SMILES string of the molecule is CN1CC[C@@H](CN(C(=O)O)c2ccccc2Br)C1. The Balaban J connectivity index is 2.14. The number of halogens is 1. The van der Waals surface area contributed by atoms with Gasteiger partial charge >= 0.3 is 6.09 Å². The molecule has 1 saturated heterocycles. The molecule has 0 saturated carbocycles. The van der Waals surface area contributed by atoms with Crippen molar-refractivity contribution in [3.8, 4) is 0 Å². The molecule has 1 aromatic rings. The van der Waals surface area contributed by atoms with Crippen molar-refractivity contribution in [2.24, 2.45) is 5.92 Å². The fourth-order valence-electron chi connectivity index (χ4n) is 2.38. The molecule has 5 heteroatoms. The third-order valence-corrected chi connectivity index (χ3v) is 3.97. The molecule has 98 valence electrons. The summed E-state index contributed by atoms with van der Waals surface area (Å²) in [5.74, 6) is 0.415. The normalized spacial score (nSPS) is 20.0. The number of hydrogen-bond donors (Lipinski definition) is 1. The van der Waals surface area contributed by atoms with Gasteiger partial charge in [0.05, 0.1) is 5.69 Å². The van der Waals surface area contributed by atoms with Crippen molar-refractivity contribution in [1.29, 1.82) is 0 Å². The zero-order valence-corrected chi connectivity index (χ0v) is 11.9. The quantitative estimate of drug-likeness (QED) is 0.933. The topological polar surface area (TPSA) is 43.8 Å². The van der Waals surface area contributed by atoms with Gasteiger partial charge in [0, 0.05) is 17.6 Å². The molecule has 0 unspecified atom stereocenters. The van der Waals surface area contributed by atoms with Crippen molar-refractivity contribution in [3.05, 3.63) is 28.7 Å². The summed E-state index contributed by atoms with van der Waals surface area (Å²) in [6.45, 7) is 2.57. The number of carboxylic acid groups (broad SMARTS) is 1. The maximum atomic E-state index is 11.4. The van der Waals surface area contributed by atoms with Gasteiger partial charge in [0.1, 0.15) is 0 Å². The van der Waals surface area contributed by atoms with Crippen LogP contribution in [0.25, 0.3) is 0 Å². The van der Waals surface area contributed by atoms with Crippen LogP contribution in [-0.4, -0.2) is 42.8 Å². The van der Waals surface area contributed by atoms with Crippen LogP contribution in [0, 0.1) is 5.92 Å². The van der Waals surface area contributed by atoms with Crippen molar-refractivity contribution in [1.82, 2.24) is 4.90 Å². The summed E-state index contributed by atoms with van der Waals surface area (Å²) in [6.07, 6.45) is 0.168. The van der Waals surface area contributed by atoms with Gasteiger partial charge < -0.3 is 10.0 Å². The maximum absolute atomic E-state index is 11.4. The van der Waals surface area contributed by atoms with E-state index in [0.29, 0.717) is 12.5 Å². The minimum absolute atomic E-state index is 0.415. The highest BCUT2D eigenvalue weighted by atomic mass is 79.9. The average Bonchev–Trinajstić information content (AvgIpc) is 2.73. The van der Waals surface area contributed by atoms with Gasteiger partial charge in [-0.1, -0.05) is 12.1 Å². The molecule has 4 nitrogen and oxygen atoms in total. The summed E-state index contributed by atoms with van der Waals surface area (Å²) in [4.78, 5) is 15.1. The Bertz CT molecular complexity index is 439. The van der Waals surface area contributed by atoms with Crippen molar-refractivity contribution in [3.63, 3.8) is 0 Å². The van der Waals surface area contributed by atoms with Crippen molar-refractivity contribution in [2.75, 3.05) is 31.6 Å². The molecule has 1 heterocycles. The van der Waals surface area contributed by atoms with E-state index in [2.05, 4.69) is 27.9 Å². The van der Waals surface area contributed by atoms with Gasteiger partial charge in [-0.05, 0) is 54.0 Å². The third-order valence-electron chi connectivity index (χ3n) is 3.30. The van der Waals surface area contributed by atoms with Crippen LogP contribution in [0.1, 0.15) is 6.42 Å². The van der Waals surface area contributed by atoms with Gasteiger partial charge in [0.15, 0.2) is 0 Å². The highest BCUT2D eigenvalue weighted by molar-refractivity contribution is 9.10. The number of rotatable bonds is 3. The number of nitrogens with zero attached hydrogens (tertiary/aromatic N) is 2. The summed E-state index contributed by atoms with van der Waals surface area (Å²) in [6, 6.07) is 7.44. The predicted octanol–water partition coefficient (Wildman–Crippen LogP) is 2.89. The minimum Gasteiger partial charge on any atom is -0.465 e. The van der Waals surface area contributed by atoms with Crippen molar-refractivity contribution in [2.45, 2.75) is 6.42 Å². The molecule has 0 spiro atoms. The number of amides is 1. The molecule has 1 aromatic carbocycles. The van der Waals surface area contributed by atoms with Gasteiger partial charge in [-0.25, -0.2) is 4.79 Å². The molecule has 2 rings (SSSR count). The van der Waals surface area contributed by atoms with Crippen molar-refractivity contribution < 1.29 is 9.90 Å². The summed E-state index contributed by atoms with van der Waals surface area (Å²) >= 11 is 3.41. The molecule has 1 aliphatic rings. The summed E-state index contributed by atoms with van der Waals surface area (Å²) in [5, 5.41) is 9.37. The van der Waals surface area contributed by atoms with Gasteiger partial charge in [-0.15, -0.1) is 0 Å². The number of benzene rings is 1. The molecule has 0 aromatic heterocycles. The molecule has 0 bridgehead atoms. The van der Waals surface area contributed by atoms with E-state index in [4.69, 9.17) is 0 Å². The molecule has 1 amide bonds. The molecule has 1 aliphatic heterocycles. The first-order chi connectivity index (χ1) is 8.58. The second-order valence-electron chi connectivity index (χ2n) is 4.76. The summed E-state index contributed by atoms with van der Waals surface area (Å²) < 4.78 is 0.818. The smallest absolute Gasteiger partial charge is 0.411 e. The summed E-state index contributed by atoms with van der Waals surface area (Å²) in [7, 11) is 2.07. The lowest BCUT2D eigenvalue weighted by Crippen LogP contribution is -2.35. The minimum atomic E-state index is -0.892. The number of carbonyl (C=O) groups is 1. The first kappa shape index (κ1) is 13.4. The van der Waals surface area contributed by atoms with Crippen LogP contribution < -0.4 is 4.90 Å². The Morgan fingerprint density at radius 2 is 2.28 bits per heavy atom. The molecular formula is C13H17BrN2O2. The maximum Gasteiger partial charge on any atom is 0.411 e. The van der Waals surface area contributed by atoms with E-state index in [1.54, 1.807) is 0 Å². The van der Waals surface area contributed by atoms with E-state index >= 15 is 0 Å². The van der Waals surface area contributed by atoms with Crippen LogP contribution in [-0.2, 0) is 0 Å². The second kappa shape index (κ2) is 5.71. The Hall–Kier alpha value is -1.07. The van der Waals surface area contributed by atoms with E-state index in [1.807, 2.05) is 24.3 Å². The zero-order valence-electron chi connectivity index (χ0n) is 10.3. The molecule has 18 heavy (non-hydrogen) atoms. The lowest BCUT2D eigenvalue weighted by atomic mass is 10.1. The predicted molar refractivity (Wildman–Crippen MR) is 75.1 cm³/mol. The monoisotopic (exact) mass is 312 g/mol. The molecule has 1 fully saturated rings. The van der Waals surface area contributed by atoms with Crippen molar-refractivity contribution >= 4 is 27.7 Å². The fraction of sp³-hybridized carbons (Fsp3) is 0.462. The molecule has 0 radical (unpaired) electrons. The van der Waals surface area contributed by atoms with Gasteiger partial charge in [-0.3, -0.25) is 4.90 Å². The standard InChI is InChI=1S/C13H17BrN2O2/c1-15-7-6-10(8-15)9-16(13(17)18)12-5-3-2-4-11(12)14/h2-5,10H,6-9H2,1H3,(H,17,18)/t10-/m1/s1. The van der Waals surface area contributed by atoms with Crippen LogP contribution >= 0.6 is 15.9 Å². The molecule has 1 atom stereocenters. The number of likely N-dealkylation sites (tertiary alicyclic amines) is 1. The molecular weight excluding hydrogens is 296 g/mol. The lowest BCUT2D eigenvalue weighted by Gasteiger charge is -2.23. The fourth-order valence-corrected chi connectivity index (χ4v) is 2.88. The van der Waals surface area contributed by atoms with E-state index in [1.165, 1.54) is 4.90 Å². The van der Waals surface area contributed by atoms with Gasteiger partial charge in [0.2, 0.25) is 0 Å². The Morgan fingerprint density at radius 3 is 2.83 bits per heavy atom. The van der Waals surface area contributed by atoms with E-state index in [9.17, 15) is 9.90 Å². The average molecular weight is 313 g/mol. The molecule has 0 aliphatic carbocycles.